The Morgan fingerprint density at radius 1 is 0.740 bits per heavy atom. The van der Waals surface area contributed by atoms with Crippen LogP contribution in [0, 0.1) is 41.3 Å². The van der Waals surface area contributed by atoms with Gasteiger partial charge in [-0.2, -0.15) is 0 Å². The third-order valence-corrected chi connectivity index (χ3v) is 8.34. The molecule has 1 unspecified atom stereocenters. The molecule has 1 aliphatic rings. The molecule has 2 aromatic rings. The minimum Gasteiger partial charge on any atom is -0.549 e. The van der Waals surface area contributed by atoms with Crippen molar-refractivity contribution < 1.29 is 86.0 Å². The van der Waals surface area contributed by atoms with Crippen LogP contribution >= 0.6 is 12.2 Å². The second-order valence-electron chi connectivity index (χ2n) is 12.0. The van der Waals surface area contributed by atoms with Crippen molar-refractivity contribution in [2.45, 2.75) is 25.3 Å². The molecule has 0 aromatic heterocycles. The molecule has 0 radical (unpaired) electrons. The maximum absolute atomic E-state index is 11.8. The van der Waals surface area contributed by atoms with E-state index in [2.05, 4.69) is 10.6 Å². The minimum absolute atomic E-state index is 0. The van der Waals surface area contributed by atoms with Crippen LogP contribution in [0.25, 0.3) is 0 Å². The van der Waals surface area contributed by atoms with Crippen molar-refractivity contribution in [1.29, 1.82) is 0 Å². The van der Waals surface area contributed by atoms with Gasteiger partial charge in [-0.15, -0.1) is 0 Å². The van der Waals surface area contributed by atoms with Crippen LogP contribution < -0.4 is 26.0 Å². The largest absolute Gasteiger partial charge is 3.00 e. The van der Waals surface area contributed by atoms with Gasteiger partial charge in [-0.05, 0) is 66.9 Å². The van der Waals surface area contributed by atoms with E-state index in [1.165, 1.54) is 0 Å². The maximum atomic E-state index is 11.8. The molecule has 50 heavy (non-hydrogen) atoms. The van der Waals surface area contributed by atoms with Gasteiger partial charge in [-0.25, -0.2) is 0 Å². The number of aryl methyl sites for hydroxylation is 1. The normalized spacial score (nSPS) is 17.0. The van der Waals surface area contributed by atoms with Gasteiger partial charge >= 0.3 is 47.3 Å². The Morgan fingerprint density at radius 2 is 1.26 bits per heavy atom. The monoisotopic (exact) mass is 840 g/mol. The van der Waals surface area contributed by atoms with E-state index in [1.807, 2.05) is 36.4 Å². The van der Waals surface area contributed by atoms with E-state index in [4.69, 9.17) is 12.2 Å². The average Bonchev–Trinajstić information content (AvgIpc) is 3.02. The van der Waals surface area contributed by atoms with E-state index in [0.29, 0.717) is 18.1 Å². The quantitative estimate of drug-likeness (QED) is 0.103. The van der Waals surface area contributed by atoms with Crippen molar-refractivity contribution in [2.24, 2.45) is 0 Å². The summed E-state index contributed by atoms with van der Waals surface area (Å²) in [5, 5.41) is 60.5. The van der Waals surface area contributed by atoms with Gasteiger partial charge in [0, 0.05) is 83.7 Å². The summed E-state index contributed by atoms with van der Waals surface area (Å²) in [6.45, 7) is 0.0444. The molecule has 1 fully saturated rings. The van der Waals surface area contributed by atoms with Crippen LogP contribution in [-0.2, 0) is 32.0 Å². The van der Waals surface area contributed by atoms with Crippen LogP contribution in [0.3, 0.4) is 0 Å². The number of aliphatic carboxylic acids is 4. The summed E-state index contributed by atoms with van der Waals surface area (Å²) in [7, 11) is 0. The summed E-state index contributed by atoms with van der Waals surface area (Å²) in [4.78, 5) is 52.9. The summed E-state index contributed by atoms with van der Waals surface area (Å²) in [5.74, 6) is -4.85. The fraction of sp³-hybridized carbons (Fsp3) is 0.485. The molecule has 15 nitrogen and oxygen atoms in total. The van der Waals surface area contributed by atoms with Crippen molar-refractivity contribution in [3.05, 3.63) is 59.7 Å². The fourth-order valence-corrected chi connectivity index (χ4v) is 5.88. The van der Waals surface area contributed by atoms with E-state index < -0.39 is 49.6 Å². The first-order valence-electron chi connectivity index (χ1n) is 16.0. The number of anilines is 1. The summed E-state index contributed by atoms with van der Waals surface area (Å²) in [6, 6.07) is 13.8. The number of carbonyl (C=O) groups is 4. The first-order chi connectivity index (χ1) is 23.4. The van der Waals surface area contributed by atoms with Gasteiger partial charge in [0.2, 0.25) is 0 Å². The summed E-state index contributed by atoms with van der Waals surface area (Å²) >= 11 is 5.43. The van der Waals surface area contributed by atoms with Gasteiger partial charge < -0.3 is 50.5 Å². The number of benzene rings is 2. The molecular weight excluding hydrogens is 797 g/mol. The van der Waals surface area contributed by atoms with E-state index >= 15 is 0 Å². The van der Waals surface area contributed by atoms with E-state index in [-0.39, 0.29) is 99.4 Å². The molecule has 17 heteroatoms. The minimum atomic E-state index is -1.34. The predicted molar refractivity (Wildman–Crippen MR) is 178 cm³/mol. The van der Waals surface area contributed by atoms with Crippen molar-refractivity contribution in [3.63, 3.8) is 0 Å². The van der Waals surface area contributed by atoms with Crippen molar-refractivity contribution in [1.82, 2.24) is 24.9 Å². The Labute approximate surface area is 330 Å². The molecule has 1 heterocycles. The third kappa shape index (κ3) is 17.3. The molecule has 3 rings (SSSR count). The van der Waals surface area contributed by atoms with Gasteiger partial charge in [-0.3, -0.25) is 24.4 Å². The molecule has 0 spiro atoms. The second-order valence-corrected chi connectivity index (χ2v) is 12.4. The molecule has 1 aliphatic heterocycles. The molecule has 0 amide bonds. The topological polar surface area (TPSA) is 215 Å². The zero-order valence-corrected chi connectivity index (χ0v) is 32.4. The van der Waals surface area contributed by atoms with E-state index in [1.54, 1.807) is 31.7 Å². The first kappa shape index (κ1) is 43.2. The van der Waals surface area contributed by atoms with Gasteiger partial charge in [0.25, 0.3) is 0 Å². The number of hydrogen-bond donors (Lipinski definition) is 4. The number of hydrogen-bond acceptors (Lipinski definition) is 13. The van der Waals surface area contributed by atoms with E-state index in [0.717, 1.165) is 29.7 Å². The number of rotatable bonds is 15. The van der Waals surface area contributed by atoms with Crippen LogP contribution in [0.5, 0.6) is 5.75 Å². The second kappa shape index (κ2) is 22.8. The number of thiocarbonyl (C=S) groups is 1. The number of carboxylic acid groups (broad SMARTS) is 4. The average molecular weight is 841 g/mol. The Morgan fingerprint density at radius 3 is 1.84 bits per heavy atom. The number of nitrogens with zero attached hydrogens (tertiary/aromatic N) is 4. The summed E-state index contributed by atoms with van der Waals surface area (Å²) in [6.07, 6.45) is 1.96. The number of phenols is 1. The smallest absolute Gasteiger partial charge is 0.549 e. The molecule has 268 valence electrons. The zero-order valence-electron chi connectivity index (χ0n) is 27.8. The van der Waals surface area contributed by atoms with Crippen molar-refractivity contribution in [3.8, 4) is 5.75 Å². The first-order valence-corrected chi connectivity index (χ1v) is 16.4. The van der Waals surface area contributed by atoms with Gasteiger partial charge in [0.15, 0.2) is 5.11 Å². The predicted octanol–water partition coefficient (Wildman–Crippen LogP) is -3.22. The third-order valence-electron chi connectivity index (χ3n) is 8.10. The molecule has 0 aliphatic carbocycles. The SMILES string of the molecule is O=C([O-])CN1CCN(CC(=O)O)CCN(CC(=O)[O-])CC(Cc2ccc(NC(=S)NCCCc3ccc(O)cc3)cc2)N(CC(=O)[O-])CC1.[Pr+3]. The van der Waals surface area contributed by atoms with Crippen LogP contribution in [0.2, 0.25) is 0 Å². The van der Waals surface area contributed by atoms with Crippen molar-refractivity contribution in [2.75, 3.05) is 83.9 Å². The van der Waals surface area contributed by atoms with Crippen LogP contribution in [-0.4, -0.2) is 143 Å². The summed E-state index contributed by atoms with van der Waals surface area (Å²) < 4.78 is 0. The number of carbonyl (C=O) groups excluding carboxylic acids is 3. The van der Waals surface area contributed by atoms with Gasteiger partial charge in [0.05, 0.1) is 24.5 Å². The number of nitrogens with one attached hydrogen (secondary N) is 2. The zero-order chi connectivity index (χ0) is 35.8. The number of carboxylic acids is 4. The van der Waals surface area contributed by atoms with Crippen LogP contribution in [0.15, 0.2) is 48.5 Å². The standard InChI is InChI=1S/C33H46N6O9S.Pr/c40-28-9-5-24(6-10-28)2-1-11-34-33(49)35-26-7-3-25(4-8-26)18-27-19-38(22-31(45)46)15-14-36(20-29(41)42)12-13-37(21-30(43)44)16-17-39(27)23-32(47)48;/h3-10,27,40H,1-2,11-23H2,(H,41,42)(H,43,44)(H,45,46)(H,47,48)(H2,34,35,49);/q;+3/p-3. The fourth-order valence-electron chi connectivity index (χ4n) is 5.66. The van der Waals surface area contributed by atoms with E-state index in [9.17, 15) is 44.7 Å². The van der Waals surface area contributed by atoms with Gasteiger partial charge in [0.1, 0.15) is 5.75 Å². The molecule has 2 aromatic carbocycles. The van der Waals surface area contributed by atoms with Crippen LogP contribution in [0.4, 0.5) is 5.69 Å². The van der Waals surface area contributed by atoms with Crippen LogP contribution in [0.1, 0.15) is 17.5 Å². The Bertz CT molecular complexity index is 1400. The number of phenolic OH excluding ortho intramolecular Hbond substituents is 1. The molecular formula is C33H43N6O9PrS. The molecule has 4 N–H and O–H groups in total. The molecule has 1 saturated heterocycles. The Hall–Kier alpha value is -2.99. The van der Waals surface area contributed by atoms with Crippen molar-refractivity contribution >= 4 is 46.9 Å². The Kier molecular flexibility index (Phi) is 19.6. The molecule has 1 atom stereocenters. The maximum Gasteiger partial charge on any atom is 3.00 e. The molecule has 0 bridgehead atoms. The summed E-state index contributed by atoms with van der Waals surface area (Å²) in [5.41, 5.74) is 2.65. The Balaban J connectivity index is 0.00000867. The van der Waals surface area contributed by atoms with Gasteiger partial charge in [-0.1, -0.05) is 24.3 Å². The number of aromatic hydroxyl groups is 1. The molecule has 0 saturated carbocycles.